The van der Waals surface area contributed by atoms with E-state index in [9.17, 15) is 13.2 Å². The fraction of sp³-hybridized carbons (Fsp3) is 0.133. The molecule has 2 aromatic rings. The highest BCUT2D eigenvalue weighted by Gasteiger charge is 2.11. The van der Waals surface area contributed by atoms with Gasteiger partial charge in [-0.15, -0.1) is 0 Å². The van der Waals surface area contributed by atoms with E-state index in [2.05, 4.69) is 5.32 Å². The molecule has 0 aliphatic carbocycles. The molecule has 0 heterocycles. The number of nitrogens with one attached hydrogen (secondary N) is 1. The van der Waals surface area contributed by atoms with Gasteiger partial charge in [-0.1, -0.05) is 17.7 Å². The lowest BCUT2D eigenvalue weighted by Gasteiger charge is -2.08. The van der Waals surface area contributed by atoms with Gasteiger partial charge in [-0.2, -0.15) is 5.26 Å². The lowest BCUT2D eigenvalue weighted by Crippen LogP contribution is -2.15. The lowest BCUT2D eigenvalue weighted by atomic mass is 10.1. The molecule has 0 aromatic heterocycles. The fourth-order valence-electron chi connectivity index (χ4n) is 1.82. The largest absolute Gasteiger partial charge is 0.308 e. The second-order valence-electron chi connectivity index (χ2n) is 4.38. The summed E-state index contributed by atoms with van der Waals surface area (Å²) in [4.78, 5) is 0. The predicted octanol–water partition coefficient (Wildman–Crippen LogP) is 3.92. The summed E-state index contributed by atoms with van der Waals surface area (Å²) in [6, 6.07) is 7.83. The Hall–Kier alpha value is -2.03. The smallest absolute Gasteiger partial charge is 0.141 e. The summed E-state index contributed by atoms with van der Waals surface area (Å²) in [5.41, 5.74) is 0.470. The third-order valence-electron chi connectivity index (χ3n) is 2.89. The van der Waals surface area contributed by atoms with E-state index in [-0.39, 0.29) is 29.2 Å². The Bertz CT molecular complexity index is 688. The number of rotatable bonds is 4. The standard InChI is InChI=1S/C15H10ClF3N2/c16-12-3-9(1-2-13(12)17)7-21-8-11-14(18)4-10(6-20)5-15(11)19/h1-5,21H,7-8H2. The van der Waals surface area contributed by atoms with Gasteiger partial charge in [0.1, 0.15) is 17.5 Å². The second kappa shape index (κ2) is 6.61. The third kappa shape index (κ3) is 3.75. The monoisotopic (exact) mass is 310 g/mol. The average Bonchev–Trinajstić information content (AvgIpc) is 2.45. The number of halogens is 4. The van der Waals surface area contributed by atoms with Crippen LogP contribution in [-0.2, 0) is 13.1 Å². The van der Waals surface area contributed by atoms with Crippen LogP contribution in [0.4, 0.5) is 13.2 Å². The van der Waals surface area contributed by atoms with E-state index in [1.54, 1.807) is 6.07 Å². The Morgan fingerprint density at radius 3 is 2.24 bits per heavy atom. The minimum atomic E-state index is -0.781. The van der Waals surface area contributed by atoms with Crippen molar-refractivity contribution >= 4 is 11.6 Å². The maximum absolute atomic E-state index is 13.6. The van der Waals surface area contributed by atoms with Crippen LogP contribution < -0.4 is 5.32 Å². The van der Waals surface area contributed by atoms with E-state index in [1.807, 2.05) is 0 Å². The van der Waals surface area contributed by atoms with Gasteiger partial charge in [0, 0.05) is 18.7 Å². The number of hydrogen-bond acceptors (Lipinski definition) is 2. The summed E-state index contributed by atoms with van der Waals surface area (Å²) in [6.45, 7) is 0.219. The fourth-order valence-corrected chi connectivity index (χ4v) is 2.02. The molecule has 2 aromatic carbocycles. The van der Waals surface area contributed by atoms with Crippen LogP contribution in [0, 0.1) is 28.8 Å². The average molecular weight is 311 g/mol. The van der Waals surface area contributed by atoms with Gasteiger partial charge in [-0.25, -0.2) is 13.2 Å². The molecule has 0 bridgehead atoms. The topological polar surface area (TPSA) is 35.8 Å². The van der Waals surface area contributed by atoms with E-state index >= 15 is 0 Å². The highest BCUT2D eigenvalue weighted by Crippen LogP contribution is 2.17. The van der Waals surface area contributed by atoms with E-state index in [0.717, 1.165) is 12.1 Å². The second-order valence-corrected chi connectivity index (χ2v) is 4.79. The first-order valence-electron chi connectivity index (χ1n) is 6.04. The molecule has 2 rings (SSSR count). The summed E-state index contributed by atoms with van der Waals surface area (Å²) < 4.78 is 40.3. The van der Waals surface area contributed by atoms with Gasteiger partial charge in [0.15, 0.2) is 0 Å². The number of hydrogen-bond donors (Lipinski definition) is 1. The van der Waals surface area contributed by atoms with Gasteiger partial charge in [0.05, 0.1) is 16.7 Å². The van der Waals surface area contributed by atoms with Crippen molar-refractivity contribution < 1.29 is 13.2 Å². The first-order valence-corrected chi connectivity index (χ1v) is 6.41. The van der Waals surface area contributed by atoms with Gasteiger partial charge < -0.3 is 5.32 Å². The zero-order chi connectivity index (χ0) is 15.4. The van der Waals surface area contributed by atoms with Crippen molar-refractivity contribution in [1.29, 1.82) is 5.26 Å². The van der Waals surface area contributed by atoms with Crippen LogP contribution in [0.2, 0.25) is 5.02 Å². The van der Waals surface area contributed by atoms with Gasteiger partial charge >= 0.3 is 0 Å². The third-order valence-corrected chi connectivity index (χ3v) is 3.17. The number of nitrogens with zero attached hydrogens (tertiary/aromatic N) is 1. The minimum absolute atomic E-state index is 0.00923. The van der Waals surface area contributed by atoms with Crippen molar-refractivity contribution in [1.82, 2.24) is 5.32 Å². The first kappa shape index (κ1) is 15.4. The van der Waals surface area contributed by atoms with Crippen LogP contribution >= 0.6 is 11.6 Å². The highest BCUT2D eigenvalue weighted by atomic mass is 35.5. The zero-order valence-electron chi connectivity index (χ0n) is 10.8. The molecule has 0 atom stereocenters. The molecule has 0 fully saturated rings. The van der Waals surface area contributed by atoms with Crippen molar-refractivity contribution in [2.24, 2.45) is 0 Å². The Morgan fingerprint density at radius 2 is 1.67 bits per heavy atom. The van der Waals surface area contributed by atoms with Crippen LogP contribution in [0.15, 0.2) is 30.3 Å². The zero-order valence-corrected chi connectivity index (χ0v) is 11.5. The van der Waals surface area contributed by atoms with Crippen LogP contribution in [0.1, 0.15) is 16.7 Å². The first-order chi connectivity index (χ1) is 10.0. The van der Waals surface area contributed by atoms with Gasteiger partial charge in [-0.3, -0.25) is 0 Å². The van der Waals surface area contributed by atoms with Crippen molar-refractivity contribution in [2.45, 2.75) is 13.1 Å². The summed E-state index contributed by atoms with van der Waals surface area (Å²) in [5.74, 6) is -2.09. The summed E-state index contributed by atoms with van der Waals surface area (Å²) in [6.07, 6.45) is 0. The molecule has 1 N–H and O–H groups in total. The molecule has 0 aliphatic rings. The SMILES string of the molecule is N#Cc1cc(F)c(CNCc2ccc(F)c(Cl)c2)c(F)c1. The normalized spacial score (nSPS) is 10.4. The van der Waals surface area contributed by atoms with Gasteiger partial charge in [-0.05, 0) is 29.8 Å². The van der Waals surface area contributed by atoms with Crippen LogP contribution in [0.5, 0.6) is 0 Å². The maximum Gasteiger partial charge on any atom is 0.141 e. The van der Waals surface area contributed by atoms with E-state index in [1.165, 1.54) is 18.2 Å². The molecule has 2 nitrogen and oxygen atoms in total. The molecule has 108 valence electrons. The molecule has 0 unspecified atom stereocenters. The number of nitriles is 1. The van der Waals surface area contributed by atoms with Gasteiger partial charge in [0.25, 0.3) is 0 Å². The molecular weight excluding hydrogens is 301 g/mol. The highest BCUT2D eigenvalue weighted by molar-refractivity contribution is 6.30. The molecule has 6 heteroatoms. The van der Waals surface area contributed by atoms with Crippen molar-refractivity contribution in [3.8, 4) is 6.07 Å². The Morgan fingerprint density at radius 1 is 1.00 bits per heavy atom. The minimum Gasteiger partial charge on any atom is -0.308 e. The molecule has 0 saturated heterocycles. The molecule has 21 heavy (non-hydrogen) atoms. The summed E-state index contributed by atoms with van der Waals surface area (Å²) in [5, 5.41) is 11.4. The molecule has 0 saturated carbocycles. The van der Waals surface area contributed by atoms with Crippen molar-refractivity contribution in [2.75, 3.05) is 0 Å². The lowest BCUT2D eigenvalue weighted by molar-refractivity contribution is 0.534. The molecule has 0 radical (unpaired) electrons. The summed E-state index contributed by atoms with van der Waals surface area (Å²) >= 11 is 5.64. The van der Waals surface area contributed by atoms with Crippen LogP contribution in [0.3, 0.4) is 0 Å². The predicted molar refractivity (Wildman–Crippen MR) is 73.0 cm³/mol. The maximum atomic E-state index is 13.6. The quantitative estimate of drug-likeness (QED) is 0.929. The Kier molecular flexibility index (Phi) is 4.84. The number of benzene rings is 2. The van der Waals surface area contributed by atoms with E-state index < -0.39 is 17.5 Å². The van der Waals surface area contributed by atoms with Crippen molar-refractivity contribution in [3.05, 3.63) is 69.5 Å². The Labute approximate surface area is 124 Å². The molecular formula is C15H10ClF3N2. The van der Waals surface area contributed by atoms with Crippen molar-refractivity contribution in [3.63, 3.8) is 0 Å². The van der Waals surface area contributed by atoms with E-state index in [4.69, 9.17) is 16.9 Å². The Balaban J connectivity index is 2.04. The van der Waals surface area contributed by atoms with Crippen LogP contribution in [0.25, 0.3) is 0 Å². The summed E-state index contributed by atoms with van der Waals surface area (Å²) in [7, 11) is 0. The van der Waals surface area contributed by atoms with E-state index in [0.29, 0.717) is 5.56 Å². The van der Waals surface area contributed by atoms with Gasteiger partial charge in [0.2, 0.25) is 0 Å². The molecule has 0 amide bonds. The van der Waals surface area contributed by atoms with Crippen LogP contribution in [-0.4, -0.2) is 0 Å². The molecule has 0 spiro atoms. The molecule has 0 aliphatic heterocycles.